The van der Waals surface area contributed by atoms with Gasteiger partial charge in [0, 0.05) is 73.7 Å². The number of fused-ring (bicyclic) bond motifs is 1. The van der Waals surface area contributed by atoms with Gasteiger partial charge in [-0.2, -0.15) is 4.98 Å². The standard InChI is InChI=1S/C34H40N8O2/c1-21-30(18-35-31(37-21)25-11-14-41(15-12-25)22(2)43)29-16-27-17-36-34(39-32(27)42(33(29)44)19-23-4-5-23)38-28-8-6-24(7-9-28)26-10-13-40(3)20-26/h6-9,16-18,23,25-26H,4-5,10-15,19-20H2,1-3H3,(H,36,38,39). The lowest BCUT2D eigenvalue weighted by Crippen LogP contribution is -2.36. The van der Waals surface area contributed by atoms with Crippen LogP contribution >= 0.6 is 0 Å². The lowest BCUT2D eigenvalue weighted by molar-refractivity contribution is -0.129. The summed E-state index contributed by atoms with van der Waals surface area (Å²) >= 11 is 0. The minimum Gasteiger partial charge on any atom is -0.343 e. The van der Waals surface area contributed by atoms with Gasteiger partial charge in [-0.15, -0.1) is 0 Å². The number of rotatable bonds is 7. The number of nitrogens with zero attached hydrogens (tertiary/aromatic N) is 7. The van der Waals surface area contributed by atoms with Gasteiger partial charge in [-0.3, -0.25) is 14.2 Å². The van der Waals surface area contributed by atoms with Gasteiger partial charge in [0.05, 0.1) is 5.56 Å². The van der Waals surface area contributed by atoms with Crippen LogP contribution in [0.4, 0.5) is 11.6 Å². The number of amides is 1. The number of anilines is 2. The molecule has 1 N–H and O–H groups in total. The number of carbonyl (C=O) groups excluding carboxylic acids is 1. The van der Waals surface area contributed by atoms with E-state index in [1.54, 1.807) is 19.3 Å². The number of pyridine rings is 1. The number of piperidine rings is 1. The Labute approximate surface area is 257 Å². The smallest absolute Gasteiger partial charge is 0.260 e. The van der Waals surface area contributed by atoms with Gasteiger partial charge in [0.15, 0.2) is 0 Å². The molecule has 0 radical (unpaired) electrons. The summed E-state index contributed by atoms with van der Waals surface area (Å²) in [6, 6.07) is 10.4. The van der Waals surface area contributed by atoms with Gasteiger partial charge >= 0.3 is 0 Å². The summed E-state index contributed by atoms with van der Waals surface area (Å²) < 4.78 is 1.82. The van der Waals surface area contributed by atoms with Crippen LogP contribution in [0, 0.1) is 12.8 Å². The fourth-order valence-electron chi connectivity index (χ4n) is 6.71. The molecule has 10 nitrogen and oxygen atoms in total. The molecule has 10 heteroatoms. The van der Waals surface area contributed by atoms with Crippen molar-refractivity contribution in [1.29, 1.82) is 0 Å². The maximum atomic E-state index is 14.0. The quantitative estimate of drug-likeness (QED) is 0.324. The lowest BCUT2D eigenvalue weighted by Gasteiger charge is -2.30. The van der Waals surface area contributed by atoms with Crippen LogP contribution in [-0.2, 0) is 11.3 Å². The Balaban J connectivity index is 1.16. The number of hydrogen-bond acceptors (Lipinski definition) is 8. The molecule has 1 amide bonds. The van der Waals surface area contributed by atoms with Crippen molar-refractivity contribution in [3.63, 3.8) is 0 Å². The molecule has 1 atom stereocenters. The molecule has 2 saturated heterocycles. The minimum atomic E-state index is -0.0749. The zero-order valence-electron chi connectivity index (χ0n) is 25.8. The van der Waals surface area contributed by atoms with E-state index in [9.17, 15) is 9.59 Å². The van der Waals surface area contributed by atoms with Crippen LogP contribution in [0.15, 0.2) is 47.5 Å². The number of likely N-dealkylation sites (tertiary alicyclic amines) is 2. The number of likely N-dealkylation sites (N-methyl/N-ethyl adjacent to an activating group) is 1. The van der Waals surface area contributed by atoms with Gasteiger partial charge in [0.2, 0.25) is 11.9 Å². The van der Waals surface area contributed by atoms with Crippen molar-refractivity contribution in [3.8, 4) is 11.1 Å². The predicted molar refractivity (Wildman–Crippen MR) is 171 cm³/mol. The van der Waals surface area contributed by atoms with Gasteiger partial charge in [0.25, 0.3) is 5.56 Å². The second-order valence-electron chi connectivity index (χ2n) is 12.9. The van der Waals surface area contributed by atoms with E-state index in [2.05, 4.69) is 46.5 Å². The van der Waals surface area contributed by atoms with E-state index in [-0.39, 0.29) is 17.4 Å². The molecule has 1 saturated carbocycles. The molecule has 44 heavy (non-hydrogen) atoms. The third kappa shape index (κ3) is 5.83. The number of aromatic nitrogens is 5. The first-order valence-corrected chi connectivity index (χ1v) is 15.9. The highest BCUT2D eigenvalue weighted by Gasteiger charge is 2.27. The zero-order valence-corrected chi connectivity index (χ0v) is 25.8. The molecule has 3 aromatic heterocycles. The molecule has 4 aromatic rings. The van der Waals surface area contributed by atoms with Crippen molar-refractivity contribution in [2.24, 2.45) is 5.92 Å². The van der Waals surface area contributed by atoms with E-state index in [4.69, 9.17) is 15.0 Å². The highest BCUT2D eigenvalue weighted by atomic mass is 16.2. The van der Waals surface area contributed by atoms with Crippen molar-refractivity contribution in [1.82, 2.24) is 34.3 Å². The summed E-state index contributed by atoms with van der Waals surface area (Å²) in [6.07, 6.45) is 8.72. The van der Waals surface area contributed by atoms with Crippen molar-refractivity contribution in [3.05, 3.63) is 70.2 Å². The van der Waals surface area contributed by atoms with Gasteiger partial charge < -0.3 is 15.1 Å². The van der Waals surface area contributed by atoms with Gasteiger partial charge in [-0.1, -0.05) is 12.1 Å². The summed E-state index contributed by atoms with van der Waals surface area (Å²) in [7, 11) is 2.17. The fraction of sp³-hybridized carbons (Fsp3) is 0.471. The van der Waals surface area contributed by atoms with E-state index >= 15 is 0 Å². The van der Waals surface area contributed by atoms with Crippen molar-refractivity contribution < 1.29 is 4.79 Å². The number of hydrogen-bond donors (Lipinski definition) is 1. The molecule has 2 aliphatic heterocycles. The van der Waals surface area contributed by atoms with Crippen LogP contribution in [0.3, 0.4) is 0 Å². The summed E-state index contributed by atoms with van der Waals surface area (Å²) in [4.78, 5) is 49.1. The molecule has 1 aliphatic carbocycles. The molecule has 0 spiro atoms. The molecule has 1 aromatic carbocycles. The molecule has 3 fully saturated rings. The predicted octanol–water partition coefficient (Wildman–Crippen LogP) is 4.86. The average molecular weight is 593 g/mol. The largest absolute Gasteiger partial charge is 0.343 e. The van der Waals surface area contributed by atoms with Crippen LogP contribution in [0.25, 0.3) is 22.2 Å². The third-order valence-corrected chi connectivity index (χ3v) is 9.59. The zero-order chi connectivity index (χ0) is 30.4. The third-order valence-electron chi connectivity index (χ3n) is 9.59. The Morgan fingerprint density at radius 2 is 1.68 bits per heavy atom. The van der Waals surface area contributed by atoms with Gasteiger partial charge in [0.1, 0.15) is 11.5 Å². The minimum absolute atomic E-state index is 0.0749. The second-order valence-corrected chi connectivity index (χ2v) is 12.9. The summed E-state index contributed by atoms with van der Waals surface area (Å²) in [5.74, 6) is 2.65. The topological polar surface area (TPSA) is 109 Å². The molecular weight excluding hydrogens is 552 g/mol. The molecular formula is C34H40N8O2. The summed E-state index contributed by atoms with van der Waals surface area (Å²) in [5.41, 5.74) is 4.94. The van der Waals surface area contributed by atoms with Crippen LogP contribution in [0.1, 0.15) is 67.9 Å². The normalized spacial score (nSPS) is 19.5. The number of aryl methyl sites for hydroxylation is 1. The van der Waals surface area contributed by atoms with Crippen molar-refractivity contribution in [2.75, 3.05) is 38.5 Å². The van der Waals surface area contributed by atoms with E-state index in [0.717, 1.165) is 80.0 Å². The number of benzene rings is 1. The second kappa shape index (κ2) is 11.7. The van der Waals surface area contributed by atoms with Crippen molar-refractivity contribution in [2.45, 2.75) is 64.3 Å². The highest BCUT2D eigenvalue weighted by molar-refractivity contribution is 5.82. The molecule has 1 unspecified atom stereocenters. The maximum Gasteiger partial charge on any atom is 0.260 e. The van der Waals surface area contributed by atoms with Crippen LogP contribution in [-0.4, -0.2) is 73.4 Å². The molecule has 0 bridgehead atoms. The Morgan fingerprint density at radius 1 is 0.932 bits per heavy atom. The first-order chi connectivity index (χ1) is 21.3. The van der Waals surface area contributed by atoms with E-state index in [0.29, 0.717) is 35.5 Å². The number of carbonyl (C=O) groups is 1. The Kier molecular flexibility index (Phi) is 7.62. The molecule has 228 valence electrons. The summed E-state index contributed by atoms with van der Waals surface area (Å²) in [5, 5.41) is 4.16. The average Bonchev–Trinajstić information content (AvgIpc) is 3.75. The van der Waals surface area contributed by atoms with E-state index < -0.39 is 0 Å². The van der Waals surface area contributed by atoms with Gasteiger partial charge in [-0.05, 0) is 88.2 Å². The van der Waals surface area contributed by atoms with Crippen LogP contribution < -0.4 is 10.9 Å². The first-order valence-electron chi connectivity index (χ1n) is 15.9. The molecule has 7 rings (SSSR count). The van der Waals surface area contributed by atoms with Crippen molar-refractivity contribution >= 4 is 28.6 Å². The Morgan fingerprint density at radius 3 is 2.34 bits per heavy atom. The molecule has 5 heterocycles. The number of nitrogens with one attached hydrogen (secondary N) is 1. The van der Waals surface area contributed by atoms with Crippen LogP contribution in [0.5, 0.6) is 0 Å². The van der Waals surface area contributed by atoms with Crippen LogP contribution in [0.2, 0.25) is 0 Å². The van der Waals surface area contributed by atoms with E-state index in [1.165, 1.54) is 12.0 Å². The SMILES string of the molecule is CC(=O)N1CCC(c2ncc(-c3cc4cnc(Nc5ccc(C6CCN(C)C6)cc5)nc4n(CC4CC4)c3=O)c(C)n2)CC1. The Bertz CT molecular complexity index is 1760. The highest BCUT2D eigenvalue weighted by Crippen LogP contribution is 2.33. The van der Waals surface area contributed by atoms with Gasteiger partial charge in [-0.25, -0.2) is 15.0 Å². The summed E-state index contributed by atoms with van der Waals surface area (Å²) in [6.45, 7) is 7.88. The monoisotopic (exact) mass is 592 g/mol. The Hall–Kier alpha value is -4.18. The maximum absolute atomic E-state index is 14.0. The fourth-order valence-corrected chi connectivity index (χ4v) is 6.71. The van der Waals surface area contributed by atoms with E-state index in [1.807, 2.05) is 22.5 Å². The first kappa shape index (κ1) is 28.6. The molecule has 3 aliphatic rings. The lowest BCUT2D eigenvalue weighted by atomic mass is 9.95.